The van der Waals surface area contributed by atoms with E-state index in [4.69, 9.17) is 21.1 Å². The lowest BCUT2D eigenvalue weighted by Crippen LogP contribution is -2.54. The summed E-state index contributed by atoms with van der Waals surface area (Å²) in [5.41, 5.74) is 4.07. The van der Waals surface area contributed by atoms with E-state index in [1.807, 2.05) is 13.8 Å². The lowest BCUT2D eigenvalue weighted by atomic mass is 9.86. The van der Waals surface area contributed by atoms with Crippen molar-refractivity contribution >= 4 is 58.4 Å². The van der Waals surface area contributed by atoms with Crippen molar-refractivity contribution in [1.82, 2.24) is 25.1 Å². The Labute approximate surface area is 324 Å². The molecule has 6 rings (SSSR count). The molecule has 15 nitrogen and oxygen atoms in total. The number of aliphatic hydroxyl groups is 1. The maximum absolute atomic E-state index is 13.3. The van der Waals surface area contributed by atoms with Crippen LogP contribution in [0.4, 0.5) is 23.1 Å². The molecule has 4 heterocycles. The molecular weight excluding hydrogens is 728 g/mol. The molecule has 1 unspecified atom stereocenters. The fourth-order valence-electron chi connectivity index (χ4n) is 7.11. The first-order valence-corrected chi connectivity index (χ1v) is 18.9. The zero-order valence-electron chi connectivity index (χ0n) is 31.4. The molecule has 0 radical (unpaired) electrons. The van der Waals surface area contributed by atoms with Gasteiger partial charge in [0.25, 0.3) is 11.8 Å². The lowest BCUT2D eigenvalue weighted by Gasteiger charge is -2.33. The number of fused-ring (bicyclic) bond motifs is 1. The molecule has 292 valence electrons. The molecule has 0 spiro atoms. The van der Waals surface area contributed by atoms with Gasteiger partial charge in [0.15, 0.2) is 11.7 Å². The van der Waals surface area contributed by atoms with Crippen molar-refractivity contribution in [3.8, 4) is 5.75 Å². The number of aromatic nitrogens is 2. The van der Waals surface area contributed by atoms with Gasteiger partial charge in [0, 0.05) is 25.2 Å². The molecule has 0 aliphatic carbocycles. The second-order valence-corrected chi connectivity index (χ2v) is 14.4. The van der Waals surface area contributed by atoms with Gasteiger partial charge in [0.05, 0.1) is 42.3 Å². The highest BCUT2D eigenvalue weighted by Crippen LogP contribution is 2.38. The predicted molar refractivity (Wildman–Crippen MR) is 208 cm³/mol. The summed E-state index contributed by atoms with van der Waals surface area (Å²) >= 11 is 6.24. The van der Waals surface area contributed by atoms with Crippen molar-refractivity contribution in [2.24, 2.45) is 0 Å². The zero-order valence-corrected chi connectivity index (χ0v) is 32.2. The van der Waals surface area contributed by atoms with Gasteiger partial charge in [0.2, 0.25) is 17.8 Å². The first-order valence-electron chi connectivity index (χ1n) is 18.5. The fourth-order valence-corrected chi connectivity index (χ4v) is 7.24. The number of imide groups is 2. The van der Waals surface area contributed by atoms with Crippen LogP contribution in [-0.2, 0) is 14.3 Å². The van der Waals surface area contributed by atoms with Gasteiger partial charge in [0.1, 0.15) is 16.8 Å². The summed E-state index contributed by atoms with van der Waals surface area (Å²) in [6, 6.07) is 8.16. The number of nitrogens with one attached hydrogen (secondary N) is 4. The Hall–Kier alpha value is -5.25. The lowest BCUT2D eigenvalue weighted by molar-refractivity contribution is -0.136. The molecule has 55 heavy (non-hydrogen) atoms. The highest BCUT2D eigenvalue weighted by Gasteiger charge is 2.45. The number of halogens is 1. The van der Waals surface area contributed by atoms with Crippen LogP contribution in [0.2, 0.25) is 5.02 Å². The molecular formula is C39H47ClN8O7. The van der Waals surface area contributed by atoms with Crippen molar-refractivity contribution in [3.05, 3.63) is 75.8 Å². The second kappa shape index (κ2) is 17.5. The molecule has 5 N–H and O–H groups in total. The number of likely N-dealkylation sites (tertiary alicyclic amines) is 1. The SMILES string of the molecule is C/C=C(\O)Nc1nc(Nc2cc(C)c(C3CCN(CCOCCNc4cccc5c4C(=O)N(C4CCC(=O)NC4=O)C5=O)CC3)cc2OC(C)C)ncc1Cl. The van der Waals surface area contributed by atoms with Crippen molar-refractivity contribution in [3.63, 3.8) is 0 Å². The zero-order chi connectivity index (χ0) is 39.2. The second-order valence-electron chi connectivity index (χ2n) is 14.0. The number of hydrogen-bond acceptors (Lipinski definition) is 13. The first-order chi connectivity index (χ1) is 26.4. The van der Waals surface area contributed by atoms with Crippen LogP contribution in [0.1, 0.15) is 84.2 Å². The normalized spacial score (nSPS) is 18.1. The largest absolute Gasteiger partial charge is 0.495 e. The predicted octanol–water partition coefficient (Wildman–Crippen LogP) is 5.51. The first kappa shape index (κ1) is 39.4. The maximum atomic E-state index is 13.3. The van der Waals surface area contributed by atoms with Crippen molar-refractivity contribution in [1.29, 1.82) is 0 Å². The van der Waals surface area contributed by atoms with Crippen LogP contribution in [0.5, 0.6) is 5.75 Å². The van der Waals surface area contributed by atoms with Crippen LogP contribution in [0.3, 0.4) is 0 Å². The Kier molecular flexibility index (Phi) is 12.5. The van der Waals surface area contributed by atoms with Crippen LogP contribution in [-0.4, -0.2) is 100 Å². The molecule has 2 fully saturated rings. The van der Waals surface area contributed by atoms with Gasteiger partial charge in [-0.3, -0.25) is 29.4 Å². The number of anilines is 4. The summed E-state index contributed by atoms with van der Waals surface area (Å²) in [6.07, 6.45) is 5.06. The molecule has 2 saturated heterocycles. The number of carbonyl (C=O) groups excluding carboxylic acids is 4. The van der Waals surface area contributed by atoms with Crippen molar-refractivity contribution in [2.75, 3.05) is 55.3 Å². The minimum absolute atomic E-state index is 0.0568. The molecule has 0 bridgehead atoms. The van der Waals surface area contributed by atoms with Gasteiger partial charge < -0.3 is 35.4 Å². The minimum Gasteiger partial charge on any atom is -0.495 e. The molecule has 4 amide bonds. The van der Waals surface area contributed by atoms with Gasteiger partial charge in [-0.2, -0.15) is 4.98 Å². The Morgan fingerprint density at radius 2 is 1.87 bits per heavy atom. The molecule has 2 aromatic carbocycles. The third-order valence-electron chi connectivity index (χ3n) is 9.85. The fraction of sp³-hybridized carbons (Fsp3) is 0.436. The van der Waals surface area contributed by atoms with Crippen LogP contribution >= 0.6 is 11.6 Å². The topological polar surface area (TPSA) is 187 Å². The highest BCUT2D eigenvalue weighted by atomic mass is 35.5. The van der Waals surface area contributed by atoms with Crippen LogP contribution < -0.4 is 26.0 Å². The average molecular weight is 775 g/mol. The number of carbonyl (C=O) groups is 4. The van der Waals surface area contributed by atoms with Crippen LogP contribution in [0.25, 0.3) is 0 Å². The number of ether oxygens (including phenoxy) is 2. The van der Waals surface area contributed by atoms with Gasteiger partial charge >= 0.3 is 0 Å². The van der Waals surface area contributed by atoms with E-state index in [-0.39, 0.29) is 46.8 Å². The van der Waals surface area contributed by atoms with E-state index in [0.29, 0.717) is 43.1 Å². The minimum atomic E-state index is -1.01. The summed E-state index contributed by atoms with van der Waals surface area (Å²) in [6.45, 7) is 11.8. The van der Waals surface area contributed by atoms with E-state index >= 15 is 0 Å². The highest BCUT2D eigenvalue weighted by molar-refractivity contribution is 6.32. The van der Waals surface area contributed by atoms with Crippen molar-refractivity contribution < 1.29 is 33.8 Å². The van der Waals surface area contributed by atoms with E-state index in [1.165, 1.54) is 17.8 Å². The standard InChI is InChI=1S/C39H47ClN8O7/c1-5-32(49)44-35-27(40)21-42-39(46-35)43-29-19-23(4)26(20-31(29)55-22(2)3)24-11-14-47(15-12-24)16-18-54-17-13-41-28-8-6-7-25-34(28)38(53)48(37(25)52)30-9-10-33(50)45-36(30)51/h5-8,19-22,24,30,41,49H,9-18H2,1-4H3,(H,45,50,51)(H2,42,43,44,46)/b32-5-. The number of amides is 4. The van der Waals surface area contributed by atoms with Crippen LogP contribution in [0, 0.1) is 6.92 Å². The van der Waals surface area contributed by atoms with Gasteiger partial charge in [-0.1, -0.05) is 17.7 Å². The third-order valence-corrected chi connectivity index (χ3v) is 10.1. The van der Waals surface area contributed by atoms with E-state index in [2.05, 4.69) is 55.2 Å². The van der Waals surface area contributed by atoms with E-state index < -0.39 is 29.7 Å². The maximum Gasteiger partial charge on any atom is 0.264 e. The summed E-state index contributed by atoms with van der Waals surface area (Å²) in [5.74, 6) is -0.557. The van der Waals surface area contributed by atoms with E-state index in [0.717, 1.165) is 48.6 Å². The number of aryl methyl sites for hydroxylation is 1. The monoisotopic (exact) mass is 774 g/mol. The van der Waals surface area contributed by atoms with Crippen molar-refractivity contribution in [2.45, 2.75) is 71.4 Å². The summed E-state index contributed by atoms with van der Waals surface area (Å²) < 4.78 is 12.2. The number of nitrogens with zero attached hydrogens (tertiary/aromatic N) is 4. The third kappa shape index (κ3) is 9.18. The summed E-state index contributed by atoms with van der Waals surface area (Å²) in [4.78, 5) is 62.6. The number of aliphatic hydroxyl groups excluding tert-OH is 1. The molecule has 16 heteroatoms. The Morgan fingerprint density at radius 1 is 1.09 bits per heavy atom. The summed E-state index contributed by atoms with van der Waals surface area (Å²) in [7, 11) is 0. The van der Waals surface area contributed by atoms with E-state index in [9.17, 15) is 24.3 Å². The molecule has 1 atom stereocenters. The van der Waals surface area contributed by atoms with Gasteiger partial charge in [-0.15, -0.1) is 0 Å². The molecule has 3 aromatic rings. The number of benzene rings is 2. The molecule has 3 aliphatic heterocycles. The smallest absolute Gasteiger partial charge is 0.264 e. The Bertz CT molecular complexity index is 1980. The van der Waals surface area contributed by atoms with Gasteiger partial charge in [-0.05, 0) is 107 Å². The Morgan fingerprint density at radius 3 is 2.60 bits per heavy atom. The van der Waals surface area contributed by atoms with E-state index in [1.54, 1.807) is 25.1 Å². The number of hydrogen-bond donors (Lipinski definition) is 5. The summed E-state index contributed by atoms with van der Waals surface area (Å²) in [5, 5.41) is 21.6. The molecule has 3 aliphatic rings. The molecule has 0 saturated carbocycles. The number of piperidine rings is 2. The number of allylic oxidation sites excluding steroid dienone is 1. The van der Waals surface area contributed by atoms with Crippen LogP contribution in [0.15, 0.2) is 48.5 Å². The van der Waals surface area contributed by atoms with Gasteiger partial charge in [-0.25, -0.2) is 4.98 Å². The molecule has 1 aromatic heterocycles. The quantitative estimate of drug-likeness (QED) is 0.0740. The number of rotatable bonds is 15. The Balaban J connectivity index is 0.979. The average Bonchev–Trinajstić information content (AvgIpc) is 3.41.